The Morgan fingerprint density at radius 3 is 2.68 bits per heavy atom. The van der Waals surface area contributed by atoms with Crippen molar-refractivity contribution < 1.29 is 9.21 Å². The minimum Gasteiger partial charge on any atom is -0.469 e. The number of aromatic nitrogens is 3. The molecule has 1 saturated heterocycles. The molecule has 7 heteroatoms. The third-order valence-electron chi connectivity index (χ3n) is 5.79. The Bertz CT molecular complexity index is 1020. The number of hydrogen-bond donors (Lipinski definition) is 0. The summed E-state index contributed by atoms with van der Waals surface area (Å²) in [6, 6.07) is 12.5. The summed E-state index contributed by atoms with van der Waals surface area (Å²) in [5.74, 6) is 2.71. The summed E-state index contributed by atoms with van der Waals surface area (Å²) < 4.78 is 7.39. The van der Waals surface area contributed by atoms with Crippen LogP contribution in [0.15, 0.2) is 64.9 Å². The van der Waals surface area contributed by atoms with Gasteiger partial charge in [-0.1, -0.05) is 48.2 Å². The van der Waals surface area contributed by atoms with Crippen molar-refractivity contribution in [1.82, 2.24) is 19.7 Å². The highest BCUT2D eigenvalue weighted by atomic mass is 32.2. The van der Waals surface area contributed by atoms with Crippen LogP contribution in [0.5, 0.6) is 0 Å². The van der Waals surface area contributed by atoms with Crippen molar-refractivity contribution >= 4 is 17.7 Å². The van der Waals surface area contributed by atoms with Gasteiger partial charge in [-0.15, -0.1) is 16.8 Å². The fraction of sp³-hybridized carbons (Fsp3) is 0.375. The van der Waals surface area contributed by atoms with Crippen molar-refractivity contribution in [3.05, 3.63) is 66.6 Å². The first kappa shape index (κ1) is 21.4. The monoisotopic (exact) mass is 436 g/mol. The Morgan fingerprint density at radius 2 is 2.00 bits per heavy atom. The fourth-order valence-electron chi connectivity index (χ4n) is 4.06. The van der Waals surface area contributed by atoms with E-state index >= 15 is 0 Å². The number of nitrogens with zero attached hydrogens (tertiary/aromatic N) is 4. The zero-order chi connectivity index (χ0) is 21.6. The van der Waals surface area contributed by atoms with Crippen molar-refractivity contribution in [2.75, 3.05) is 18.8 Å². The van der Waals surface area contributed by atoms with Crippen molar-refractivity contribution in [2.45, 2.75) is 37.9 Å². The molecule has 3 aromatic rings. The molecule has 3 heterocycles. The van der Waals surface area contributed by atoms with E-state index in [1.807, 2.05) is 28.5 Å². The summed E-state index contributed by atoms with van der Waals surface area (Å²) >= 11 is 1.44. The molecule has 1 aromatic carbocycles. The van der Waals surface area contributed by atoms with Crippen LogP contribution in [-0.2, 0) is 17.8 Å². The van der Waals surface area contributed by atoms with Crippen LogP contribution in [0.3, 0.4) is 0 Å². The van der Waals surface area contributed by atoms with Gasteiger partial charge in [-0.3, -0.25) is 9.36 Å². The summed E-state index contributed by atoms with van der Waals surface area (Å²) in [6.45, 7) is 7.98. The summed E-state index contributed by atoms with van der Waals surface area (Å²) in [5.41, 5.74) is 2.29. The molecule has 0 unspecified atom stereocenters. The van der Waals surface area contributed by atoms with Crippen LogP contribution in [0.2, 0.25) is 0 Å². The molecule has 4 rings (SSSR count). The van der Waals surface area contributed by atoms with Crippen LogP contribution in [0.25, 0.3) is 11.4 Å². The molecule has 1 amide bonds. The Morgan fingerprint density at radius 1 is 1.23 bits per heavy atom. The minimum absolute atomic E-state index is 0.164. The van der Waals surface area contributed by atoms with Crippen molar-refractivity contribution in [3.8, 4) is 11.4 Å². The smallest absolute Gasteiger partial charge is 0.233 e. The maximum Gasteiger partial charge on any atom is 0.233 e. The Labute approximate surface area is 187 Å². The van der Waals surface area contributed by atoms with E-state index in [-0.39, 0.29) is 5.91 Å². The maximum absolute atomic E-state index is 12.8. The highest BCUT2D eigenvalue weighted by Crippen LogP contribution is 2.28. The predicted molar refractivity (Wildman–Crippen MR) is 123 cm³/mol. The van der Waals surface area contributed by atoms with E-state index < -0.39 is 0 Å². The van der Waals surface area contributed by atoms with Crippen molar-refractivity contribution in [2.24, 2.45) is 5.92 Å². The molecule has 1 aliphatic rings. The zero-order valence-corrected chi connectivity index (χ0v) is 18.7. The lowest BCUT2D eigenvalue weighted by molar-refractivity contribution is -0.129. The fourth-order valence-corrected chi connectivity index (χ4v) is 4.91. The standard InChI is InChI=1S/C24H28N4O2S/c1-3-12-28-23(21-11-15-30-18(21)2)25-26-24(28)31-17-22(29)27-13-9-20(10-14-27)16-19-7-5-4-6-8-19/h3-8,11,15,20H,1,9-10,12-14,16-17H2,2H3. The van der Waals surface area contributed by atoms with Gasteiger partial charge in [0.05, 0.1) is 17.6 Å². The second-order valence-electron chi connectivity index (χ2n) is 7.90. The molecular formula is C24H28N4O2S. The molecule has 0 spiro atoms. The third-order valence-corrected chi connectivity index (χ3v) is 6.74. The second kappa shape index (κ2) is 10.0. The Kier molecular flexibility index (Phi) is 6.92. The van der Waals surface area contributed by atoms with Crippen LogP contribution in [0.4, 0.5) is 0 Å². The van der Waals surface area contributed by atoms with Gasteiger partial charge in [0.25, 0.3) is 0 Å². The lowest BCUT2D eigenvalue weighted by atomic mass is 9.90. The molecule has 1 fully saturated rings. The van der Waals surface area contributed by atoms with Gasteiger partial charge in [0.1, 0.15) is 5.76 Å². The Hall–Kier alpha value is -2.80. The second-order valence-corrected chi connectivity index (χ2v) is 8.84. The number of hydrogen-bond acceptors (Lipinski definition) is 5. The van der Waals surface area contributed by atoms with Gasteiger partial charge in [-0.05, 0) is 43.7 Å². The summed E-state index contributed by atoms with van der Waals surface area (Å²) in [7, 11) is 0. The van der Waals surface area contributed by atoms with Gasteiger partial charge in [-0.2, -0.15) is 0 Å². The quantitative estimate of drug-likeness (QED) is 0.381. The average molecular weight is 437 g/mol. The molecule has 6 nitrogen and oxygen atoms in total. The number of aryl methyl sites for hydroxylation is 1. The predicted octanol–water partition coefficient (Wildman–Crippen LogP) is 4.61. The molecular weight excluding hydrogens is 408 g/mol. The highest BCUT2D eigenvalue weighted by molar-refractivity contribution is 7.99. The molecule has 1 aliphatic heterocycles. The minimum atomic E-state index is 0.164. The number of furan rings is 1. The number of likely N-dealkylation sites (tertiary alicyclic amines) is 1. The van der Waals surface area contributed by atoms with E-state index in [4.69, 9.17) is 4.42 Å². The number of allylic oxidation sites excluding steroid dienone is 1. The van der Waals surface area contributed by atoms with Crippen LogP contribution < -0.4 is 0 Å². The van der Waals surface area contributed by atoms with E-state index in [0.717, 1.165) is 54.7 Å². The van der Waals surface area contributed by atoms with Crippen molar-refractivity contribution in [1.29, 1.82) is 0 Å². The first-order valence-electron chi connectivity index (χ1n) is 10.7. The van der Waals surface area contributed by atoms with E-state index in [1.54, 1.807) is 6.26 Å². The van der Waals surface area contributed by atoms with E-state index in [9.17, 15) is 4.79 Å². The molecule has 0 aliphatic carbocycles. The average Bonchev–Trinajstić information content (AvgIpc) is 3.39. The zero-order valence-electron chi connectivity index (χ0n) is 17.9. The van der Waals surface area contributed by atoms with Gasteiger partial charge in [0.15, 0.2) is 11.0 Å². The van der Waals surface area contributed by atoms with Gasteiger partial charge < -0.3 is 9.32 Å². The van der Waals surface area contributed by atoms with Gasteiger partial charge in [-0.25, -0.2) is 0 Å². The number of rotatable bonds is 8. The topological polar surface area (TPSA) is 64.2 Å². The number of amides is 1. The maximum atomic E-state index is 12.8. The van der Waals surface area contributed by atoms with E-state index in [0.29, 0.717) is 18.2 Å². The number of thioether (sulfide) groups is 1. The summed E-state index contributed by atoms with van der Waals surface area (Å²) in [4.78, 5) is 14.8. The van der Waals surface area contributed by atoms with Crippen LogP contribution in [-0.4, -0.2) is 44.4 Å². The summed E-state index contributed by atoms with van der Waals surface area (Å²) in [6.07, 6.45) is 6.67. The summed E-state index contributed by atoms with van der Waals surface area (Å²) in [5, 5.41) is 9.39. The SMILES string of the molecule is C=CCn1c(SCC(=O)N2CCC(Cc3ccccc3)CC2)nnc1-c1ccoc1C. The van der Waals surface area contributed by atoms with Crippen LogP contribution in [0.1, 0.15) is 24.2 Å². The Balaban J connectivity index is 1.32. The lowest BCUT2D eigenvalue weighted by Gasteiger charge is -2.32. The van der Waals surface area contributed by atoms with E-state index in [2.05, 4.69) is 47.1 Å². The first-order valence-corrected chi connectivity index (χ1v) is 11.7. The normalized spacial score (nSPS) is 14.7. The third kappa shape index (κ3) is 5.10. The number of carbonyl (C=O) groups excluding carboxylic acids is 1. The molecule has 0 atom stereocenters. The molecule has 0 bridgehead atoms. The lowest BCUT2D eigenvalue weighted by Crippen LogP contribution is -2.39. The largest absolute Gasteiger partial charge is 0.469 e. The van der Waals surface area contributed by atoms with Gasteiger partial charge >= 0.3 is 0 Å². The number of carbonyl (C=O) groups is 1. The number of benzene rings is 1. The van der Waals surface area contributed by atoms with Gasteiger partial charge in [0, 0.05) is 19.6 Å². The molecule has 0 radical (unpaired) electrons. The molecule has 0 N–H and O–H groups in total. The number of piperidine rings is 1. The van der Waals surface area contributed by atoms with Gasteiger partial charge in [0.2, 0.25) is 5.91 Å². The van der Waals surface area contributed by atoms with Crippen LogP contribution in [0, 0.1) is 12.8 Å². The molecule has 2 aromatic heterocycles. The molecule has 31 heavy (non-hydrogen) atoms. The van der Waals surface area contributed by atoms with Crippen molar-refractivity contribution in [3.63, 3.8) is 0 Å². The van der Waals surface area contributed by atoms with E-state index in [1.165, 1.54) is 17.3 Å². The molecule has 162 valence electrons. The van der Waals surface area contributed by atoms with Crippen LogP contribution >= 0.6 is 11.8 Å². The first-order chi connectivity index (χ1) is 15.2. The highest BCUT2D eigenvalue weighted by Gasteiger charge is 2.24. The molecule has 0 saturated carbocycles.